The van der Waals surface area contributed by atoms with Gasteiger partial charge < -0.3 is 10.5 Å². The average molecular weight is 236 g/mol. The maximum Gasteiger partial charge on any atom is 0.404 e. The van der Waals surface area contributed by atoms with Crippen LogP contribution in [0.25, 0.3) is 0 Å². The van der Waals surface area contributed by atoms with E-state index in [9.17, 15) is 18.0 Å². The maximum absolute atomic E-state index is 11.6. The van der Waals surface area contributed by atoms with E-state index in [2.05, 4.69) is 26.4 Å². The van der Waals surface area contributed by atoms with Gasteiger partial charge in [0.2, 0.25) is 0 Å². The number of carbonyl (C=O) groups excluding carboxylic acids is 1. The van der Waals surface area contributed by atoms with Gasteiger partial charge in [-0.15, -0.1) is 0 Å². The first-order valence-corrected chi connectivity index (χ1v) is 3.38. The molecule has 0 spiro atoms. The molecule has 0 aliphatic rings. The van der Waals surface area contributed by atoms with Crippen LogP contribution in [0.2, 0.25) is 0 Å². The summed E-state index contributed by atoms with van der Waals surface area (Å²) in [7, 11) is 0. The summed E-state index contributed by atoms with van der Waals surface area (Å²) < 4.78 is 38.8. The van der Waals surface area contributed by atoms with Crippen molar-refractivity contribution in [2.24, 2.45) is 5.73 Å². The first-order chi connectivity index (χ1) is 4.84. The fourth-order valence-corrected chi connectivity index (χ4v) is 0.382. The predicted molar refractivity (Wildman–Crippen MR) is 34.3 cm³/mol. The SMILES string of the molecule is NC(=O)OCC(Br)C(F)(F)F. The number of halogens is 4. The van der Waals surface area contributed by atoms with Crippen LogP contribution >= 0.6 is 15.9 Å². The van der Waals surface area contributed by atoms with Crippen LogP contribution in [0.1, 0.15) is 0 Å². The highest BCUT2D eigenvalue weighted by Gasteiger charge is 2.38. The Bertz CT molecular complexity index is 149. The van der Waals surface area contributed by atoms with Crippen molar-refractivity contribution in [1.82, 2.24) is 0 Å². The smallest absolute Gasteiger partial charge is 0.404 e. The van der Waals surface area contributed by atoms with Gasteiger partial charge in [-0.3, -0.25) is 0 Å². The molecule has 0 aromatic rings. The van der Waals surface area contributed by atoms with Gasteiger partial charge in [-0.25, -0.2) is 4.79 Å². The molecule has 7 heteroatoms. The zero-order valence-corrected chi connectivity index (χ0v) is 6.78. The highest BCUT2D eigenvalue weighted by molar-refractivity contribution is 9.09. The number of nitrogens with two attached hydrogens (primary N) is 1. The summed E-state index contributed by atoms with van der Waals surface area (Å²) in [5.41, 5.74) is 4.43. The van der Waals surface area contributed by atoms with E-state index in [0.717, 1.165) is 0 Å². The first kappa shape index (κ1) is 10.5. The molecular formula is C4H5BrF3NO2. The number of rotatable bonds is 2. The Morgan fingerprint density at radius 2 is 2.09 bits per heavy atom. The summed E-state index contributed by atoms with van der Waals surface area (Å²) in [6, 6.07) is 0. The standard InChI is InChI=1S/C4H5BrF3NO2/c5-2(4(6,7)8)1-11-3(9)10/h2H,1H2,(H2,9,10). The fourth-order valence-electron chi connectivity index (χ4n) is 0.250. The molecule has 0 saturated heterocycles. The summed E-state index contributed by atoms with van der Waals surface area (Å²) >= 11 is 2.27. The zero-order chi connectivity index (χ0) is 9.07. The van der Waals surface area contributed by atoms with E-state index in [1.54, 1.807) is 0 Å². The lowest BCUT2D eigenvalue weighted by atomic mass is 10.4. The molecule has 0 bridgehead atoms. The molecule has 2 N–H and O–H groups in total. The van der Waals surface area contributed by atoms with Crippen LogP contribution in [0.5, 0.6) is 0 Å². The Balaban J connectivity index is 3.70. The van der Waals surface area contributed by atoms with Crippen LogP contribution in [0.4, 0.5) is 18.0 Å². The normalized spacial score (nSPS) is 14.2. The van der Waals surface area contributed by atoms with Gasteiger partial charge in [0.15, 0.2) is 0 Å². The van der Waals surface area contributed by atoms with Crippen LogP contribution in [-0.2, 0) is 4.74 Å². The largest absolute Gasteiger partial charge is 0.448 e. The molecule has 0 aromatic carbocycles. The lowest BCUT2D eigenvalue weighted by Crippen LogP contribution is -2.30. The van der Waals surface area contributed by atoms with Crippen LogP contribution in [0, 0.1) is 0 Å². The molecule has 0 rings (SSSR count). The quantitative estimate of drug-likeness (QED) is 0.737. The van der Waals surface area contributed by atoms with Crippen LogP contribution in [0.15, 0.2) is 0 Å². The van der Waals surface area contributed by atoms with Gasteiger partial charge >= 0.3 is 12.3 Å². The summed E-state index contributed by atoms with van der Waals surface area (Å²) in [4.78, 5) is 7.98. The second kappa shape index (κ2) is 3.80. The molecular weight excluding hydrogens is 231 g/mol. The van der Waals surface area contributed by atoms with Gasteiger partial charge in [0, 0.05) is 0 Å². The molecule has 0 heterocycles. The van der Waals surface area contributed by atoms with Gasteiger partial charge in [-0.1, -0.05) is 15.9 Å². The number of alkyl halides is 4. The molecule has 11 heavy (non-hydrogen) atoms. The Kier molecular flexibility index (Phi) is 3.64. The van der Waals surface area contributed by atoms with E-state index < -0.39 is 23.7 Å². The summed E-state index contributed by atoms with van der Waals surface area (Å²) in [5.74, 6) is 0. The third-order valence-corrected chi connectivity index (χ3v) is 1.51. The van der Waals surface area contributed by atoms with Gasteiger partial charge in [0.05, 0.1) is 0 Å². The number of hydrogen-bond acceptors (Lipinski definition) is 2. The monoisotopic (exact) mass is 235 g/mol. The molecule has 0 fully saturated rings. The lowest BCUT2D eigenvalue weighted by Gasteiger charge is -2.12. The van der Waals surface area contributed by atoms with Crippen molar-refractivity contribution in [1.29, 1.82) is 0 Å². The Morgan fingerprint density at radius 1 is 1.64 bits per heavy atom. The minimum atomic E-state index is -4.42. The number of hydrogen-bond donors (Lipinski definition) is 1. The molecule has 1 amide bonds. The van der Waals surface area contributed by atoms with Gasteiger partial charge in [0.25, 0.3) is 0 Å². The van der Waals surface area contributed by atoms with Crippen molar-refractivity contribution in [3.63, 3.8) is 0 Å². The fraction of sp³-hybridized carbons (Fsp3) is 0.750. The first-order valence-electron chi connectivity index (χ1n) is 2.47. The second-order valence-corrected chi connectivity index (χ2v) is 2.74. The van der Waals surface area contributed by atoms with Crippen LogP contribution < -0.4 is 5.73 Å². The Labute approximate surface area is 68.8 Å². The highest BCUT2D eigenvalue weighted by Crippen LogP contribution is 2.26. The lowest BCUT2D eigenvalue weighted by molar-refractivity contribution is -0.133. The molecule has 0 radical (unpaired) electrons. The van der Waals surface area contributed by atoms with E-state index in [4.69, 9.17) is 0 Å². The number of amides is 1. The highest BCUT2D eigenvalue weighted by atomic mass is 79.9. The topological polar surface area (TPSA) is 52.3 Å². The van der Waals surface area contributed by atoms with E-state index in [-0.39, 0.29) is 0 Å². The number of carbonyl (C=O) groups is 1. The molecule has 1 unspecified atom stereocenters. The summed E-state index contributed by atoms with van der Waals surface area (Å²) in [5, 5.41) is 0. The number of ether oxygens (including phenoxy) is 1. The maximum atomic E-state index is 11.6. The van der Waals surface area contributed by atoms with Crippen LogP contribution in [0.3, 0.4) is 0 Å². The van der Waals surface area contributed by atoms with Crippen molar-refractivity contribution in [3.05, 3.63) is 0 Å². The Hall–Kier alpha value is -0.460. The second-order valence-electron chi connectivity index (χ2n) is 1.64. The summed E-state index contributed by atoms with van der Waals surface area (Å²) in [6.07, 6.45) is -5.64. The van der Waals surface area contributed by atoms with E-state index in [1.165, 1.54) is 0 Å². The van der Waals surface area contributed by atoms with Crippen molar-refractivity contribution < 1.29 is 22.7 Å². The average Bonchev–Trinajstić information content (AvgIpc) is 1.80. The molecule has 0 aliphatic heterocycles. The van der Waals surface area contributed by atoms with E-state index >= 15 is 0 Å². The zero-order valence-electron chi connectivity index (χ0n) is 5.19. The predicted octanol–water partition coefficient (Wildman–Crippen LogP) is 1.41. The summed E-state index contributed by atoms with van der Waals surface area (Å²) in [6.45, 7) is -0.807. The van der Waals surface area contributed by atoms with E-state index in [0.29, 0.717) is 0 Å². The van der Waals surface area contributed by atoms with Crippen molar-refractivity contribution in [2.45, 2.75) is 11.0 Å². The molecule has 0 aromatic heterocycles. The molecule has 66 valence electrons. The Morgan fingerprint density at radius 3 is 2.36 bits per heavy atom. The van der Waals surface area contributed by atoms with Crippen molar-refractivity contribution >= 4 is 22.0 Å². The van der Waals surface area contributed by atoms with Crippen molar-refractivity contribution in [2.75, 3.05) is 6.61 Å². The minimum absolute atomic E-state index is 0.807. The van der Waals surface area contributed by atoms with Gasteiger partial charge in [0.1, 0.15) is 11.4 Å². The number of primary amides is 1. The third kappa shape index (κ3) is 4.88. The van der Waals surface area contributed by atoms with Crippen molar-refractivity contribution in [3.8, 4) is 0 Å². The minimum Gasteiger partial charge on any atom is -0.448 e. The molecule has 1 atom stereocenters. The molecule has 0 aliphatic carbocycles. The molecule has 0 saturated carbocycles. The third-order valence-electron chi connectivity index (χ3n) is 0.727. The molecule has 3 nitrogen and oxygen atoms in total. The van der Waals surface area contributed by atoms with E-state index in [1.807, 2.05) is 0 Å². The van der Waals surface area contributed by atoms with Crippen LogP contribution in [-0.4, -0.2) is 23.7 Å². The van der Waals surface area contributed by atoms with Gasteiger partial charge in [-0.05, 0) is 0 Å². The van der Waals surface area contributed by atoms with Gasteiger partial charge in [-0.2, -0.15) is 13.2 Å².